The van der Waals surface area contributed by atoms with Gasteiger partial charge in [0.2, 0.25) is 5.91 Å². The number of hydrogen-bond donors (Lipinski definition) is 12. The predicted molar refractivity (Wildman–Crippen MR) is 434 cm³/mol. The fourth-order valence-electron chi connectivity index (χ4n) is 15.8. The van der Waals surface area contributed by atoms with Crippen molar-refractivity contribution in [2.24, 2.45) is 0 Å². The summed E-state index contributed by atoms with van der Waals surface area (Å²) >= 11 is 0. The van der Waals surface area contributed by atoms with Crippen LogP contribution in [0.25, 0.3) is 0 Å². The standard InChI is InChI=1S/C89H169NO18/c1-3-5-7-9-11-13-15-17-19-21-23-25-27-29-31-33-35-37-38-40-42-44-46-48-50-52-54-56-58-60-62-64-66-73(94)72(90-77(95)67-65-63-61-59-57-55-53-51-49-47-45-43-41-39-36-34-32-30-28-26-24-22-20-18-16-14-12-10-8-6-4-2)71-103-87-83(101)80(98)85(75(69-92)105-87)108-89-84(102)81(99)86(76(70-93)106-89)107-88-82(100)79(97)78(96)74(68-91)104-88/h16,18,22,24,72-76,78-89,91-94,96-102H,3-15,17,19-21,23,25-71H2,1-2H3,(H,90,95)/b18-16-,24-22-. The first kappa shape index (κ1) is 100. The normalized spacial score (nSPS) is 25.4. The van der Waals surface area contributed by atoms with Crippen LogP contribution in [0.3, 0.4) is 0 Å². The van der Waals surface area contributed by atoms with Gasteiger partial charge in [-0.2, -0.15) is 0 Å². The van der Waals surface area contributed by atoms with Crippen molar-refractivity contribution < 1.29 is 89.4 Å². The van der Waals surface area contributed by atoms with E-state index in [1.165, 1.54) is 321 Å². The lowest BCUT2D eigenvalue weighted by Crippen LogP contribution is -2.66. The highest BCUT2D eigenvalue weighted by molar-refractivity contribution is 5.76. The molecule has 3 aliphatic heterocycles. The SMILES string of the molecule is CCCCCCC/C=C\C/C=C\CCCCCCCCCCCCCCCCCCCCCC(=O)NC(COC1OC(CO)C(OC2OC(CO)C(OC3OC(CO)C(O)C(O)C3O)C(O)C2O)C(O)C1O)C(O)CCCCCCCCCCCCCCCCCCCCCCCCCCCCCCCCCC. The summed E-state index contributed by atoms with van der Waals surface area (Å²) in [5.74, 6) is -0.234. The molecule has 0 radical (unpaired) electrons. The summed E-state index contributed by atoms with van der Waals surface area (Å²) in [4.78, 5) is 13.5. The molecule has 0 aliphatic carbocycles. The minimum atomic E-state index is -1.97. The molecule has 0 aromatic carbocycles. The number of ether oxygens (including phenoxy) is 6. The number of carbonyl (C=O) groups is 1. The molecular weight excluding hydrogens is 1370 g/mol. The molecule has 17 atom stereocenters. The van der Waals surface area contributed by atoms with Crippen LogP contribution in [0.1, 0.15) is 406 Å². The van der Waals surface area contributed by atoms with Crippen LogP contribution in [0.15, 0.2) is 24.3 Å². The average Bonchev–Trinajstić information content (AvgIpc) is 0.779. The lowest BCUT2D eigenvalue weighted by molar-refractivity contribution is -0.379. The molecule has 17 unspecified atom stereocenters. The summed E-state index contributed by atoms with van der Waals surface area (Å²) in [5, 5.41) is 121. The van der Waals surface area contributed by atoms with E-state index >= 15 is 0 Å². The zero-order valence-corrected chi connectivity index (χ0v) is 68.9. The Morgan fingerprint density at radius 1 is 0.333 bits per heavy atom. The number of aliphatic hydroxyl groups is 11. The van der Waals surface area contributed by atoms with Gasteiger partial charge in [0.15, 0.2) is 18.9 Å². The molecule has 3 rings (SSSR count). The van der Waals surface area contributed by atoms with E-state index in [0.29, 0.717) is 12.8 Å². The van der Waals surface area contributed by atoms with Gasteiger partial charge in [0.25, 0.3) is 0 Å². The Balaban J connectivity index is 1.32. The molecule has 0 saturated carbocycles. The van der Waals surface area contributed by atoms with Crippen molar-refractivity contribution in [3.63, 3.8) is 0 Å². The zero-order valence-electron chi connectivity index (χ0n) is 68.9. The van der Waals surface area contributed by atoms with Gasteiger partial charge < -0.3 is 89.9 Å². The monoisotopic (exact) mass is 1540 g/mol. The Morgan fingerprint density at radius 2 is 0.611 bits per heavy atom. The number of nitrogens with one attached hydrogen (secondary N) is 1. The van der Waals surface area contributed by atoms with E-state index in [9.17, 15) is 61.0 Å². The lowest BCUT2D eigenvalue weighted by atomic mass is 9.96. The van der Waals surface area contributed by atoms with Gasteiger partial charge in [-0.1, -0.05) is 378 Å². The number of allylic oxidation sites excluding steroid dienone is 4. The van der Waals surface area contributed by atoms with Crippen LogP contribution in [0.5, 0.6) is 0 Å². The summed E-state index contributed by atoms with van der Waals surface area (Å²) < 4.78 is 34.6. The maximum absolute atomic E-state index is 13.5. The second-order valence-corrected chi connectivity index (χ2v) is 32.8. The summed E-state index contributed by atoms with van der Waals surface area (Å²) in [5.41, 5.74) is 0. The predicted octanol–water partition coefficient (Wildman–Crippen LogP) is 17.2. The first-order valence-electron chi connectivity index (χ1n) is 45.6. The quantitative estimate of drug-likeness (QED) is 0.0199. The van der Waals surface area contributed by atoms with Gasteiger partial charge in [0, 0.05) is 6.42 Å². The number of aliphatic hydroxyl groups excluding tert-OH is 11. The Kier molecular flexibility index (Phi) is 64.7. The van der Waals surface area contributed by atoms with Crippen LogP contribution in [0.4, 0.5) is 0 Å². The van der Waals surface area contributed by atoms with E-state index in [1.807, 2.05) is 0 Å². The maximum Gasteiger partial charge on any atom is 0.220 e. The Labute approximate surface area is 658 Å². The maximum atomic E-state index is 13.5. The highest BCUT2D eigenvalue weighted by atomic mass is 16.8. The van der Waals surface area contributed by atoms with Crippen molar-refractivity contribution in [1.82, 2.24) is 5.32 Å². The van der Waals surface area contributed by atoms with Crippen LogP contribution < -0.4 is 5.32 Å². The van der Waals surface area contributed by atoms with E-state index in [-0.39, 0.29) is 18.9 Å². The number of carbonyl (C=O) groups excluding carboxylic acids is 1. The molecule has 3 aliphatic rings. The van der Waals surface area contributed by atoms with Gasteiger partial charge in [0.05, 0.1) is 38.6 Å². The summed E-state index contributed by atoms with van der Waals surface area (Å²) in [6, 6.07) is -0.887. The van der Waals surface area contributed by atoms with Crippen molar-refractivity contribution in [3.8, 4) is 0 Å². The molecule has 638 valence electrons. The topological polar surface area (TPSA) is 307 Å². The molecule has 0 aromatic rings. The Morgan fingerprint density at radius 3 is 0.944 bits per heavy atom. The summed E-state index contributed by atoms with van der Waals surface area (Å²) in [7, 11) is 0. The minimum Gasteiger partial charge on any atom is -0.394 e. The smallest absolute Gasteiger partial charge is 0.220 e. The van der Waals surface area contributed by atoms with Crippen molar-refractivity contribution in [2.75, 3.05) is 26.4 Å². The van der Waals surface area contributed by atoms with Gasteiger partial charge in [-0.25, -0.2) is 0 Å². The molecule has 3 saturated heterocycles. The fourth-order valence-corrected chi connectivity index (χ4v) is 15.8. The molecule has 19 heteroatoms. The molecule has 12 N–H and O–H groups in total. The molecule has 3 heterocycles. The first-order chi connectivity index (χ1) is 52.8. The van der Waals surface area contributed by atoms with Crippen molar-refractivity contribution in [2.45, 2.75) is 510 Å². The van der Waals surface area contributed by atoms with Gasteiger partial charge >= 0.3 is 0 Å². The van der Waals surface area contributed by atoms with E-state index in [0.717, 1.165) is 51.4 Å². The fraction of sp³-hybridized carbons (Fsp3) is 0.944. The second kappa shape index (κ2) is 69.6. The van der Waals surface area contributed by atoms with Crippen LogP contribution in [0, 0.1) is 0 Å². The van der Waals surface area contributed by atoms with Crippen LogP contribution in [0.2, 0.25) is 0 Å². The Bertz CT molecular complexity index is 2040. The van der Waals surface area contributed by atoms with Crippen molar-refractivity contribution in [1.29, 1.82) is 0 Å². The number of rotatable bonds is 75. The summed E-state index contributed by atoms with van der Waals surface area (Å²) in [6.45, 7) is 1.87. The van der Waals surface area contributed by atoms with Gasteiger partial charge in [-0.3, -0.25) is 4.79 Å². The molecule has 0 aromatic heterocycles. The largest absolute Gasteiger partial charge is 0.394 e. The molecule has 1 amide bonds. The van der Waals surface area contributed by atoms with Gasteiger partial charge in [0.1, 0.15) is 73.2 Å². The van der Waals surface area contributed by atoms with Crippen molar-refractivity contribution >= 4 is 5.91 Å². The number of amides is 1. The molecule has 19 nitrogen and oxygen atoms in total. The van der Waals surface area contributed by atoms with Gasteiger partial charge in [-0.05, 0) is 44.9 Å². The second-order valence-electron chi connectivity index (χ2n) is 32.8. The van der Waals surface area contributed by atoms with Crippen LogP contribution >= 0.6 is 0 Å². The first-order valence-corrected chi connectivity index (χ1v) is 45.6. The minimum absolute atomic E-state index is 0.234. The van der Waals surface area contributed by atoms with Crippen LogP contribution in [-0.4, -0.2) is 193 Å². The van der Waals surface area contributed by atoms with E-state index in [2.05, 4.69) is 43.5 Å². The van der Waals surface area contributed by atoms with Crippen molar-refractivity contribution in [3.05, 3.63) is 24.3 Å². The number of unbranched alkanes of at least 4 members (excludes halogenated alkanes) is 55. The lowest BCUT2D eigenvalue weighted by Gasteiger charge is -2.48. The number of hydrogen-bond acceptors (Lipinski definition) is 18. The third-order valence-corrected chi connectivity index (χ3v) is 23.0. The highest BCUT2D eigenvalue weighted by Gasteiger charge is 2.54. The molecule has 108 heavy (non-hydrogen) atoms. The van der Waals surface area contributed by atoms with E-state index < -0.39 is 124 Å². The third kappa shape index (κ3) is 48.0. The average molecular weight is 1540 g/mol. The van der Waals surface area contributed by atoms with E-state index in [1.54, 1.807) is 0 Å². The molecule has 0 bridgehead atoms. The molecule has 0 spiro atoms. The highest BCUT2D eigenvalue weighted by Crippen LogP contribution is 2.34. The summed E-state index contributed by atoms with van der Waals surface area (Å²) in [6.07, 6.45) is 60.0. The Hall–Kier alpha value is -1.73. The van der Waals surface area contributed by atoms with Gasteiger partial charge in [-0.15, -0.1) is 0 Å². The zero-order chi connectivity index (χ0) is 78.1. The third-order valence-electron chi connectivity index (χ3n) is 23.0. The molecule has 3 fully saturated rings. The van der Waals surface area contributed by atoms with E-state index in [4.69, 9.17) is 28.4 Å². The molecular formula is C89H169NO18. The van der Waals surface area contributed by atoms with Crippen LogP contribution in [-0.2, 0) is 33.2 Å².